The van der Waals surface area contributed by atoms with Gasteiger partial charge in [0, 0.05) is 5.69 Å². The smallest absolute Gasteiger partial charge is 0.338 e. The van der Waals surface area contributed by atoms with Crippen molar-refractivity contribution in [3.8, 4) is 0 Å². The van der Waals surface area contributed by atoms with E-state index in [1.54, 1.807) is 12.1 Å². The van der Waals surface area contributed by atoms with Crippen LogP contribution in [0.15, 0.2) is 65.3 Å². The first kappa shape index (κ1) is 21.0. The summed E-state index contributed by atoms with van der Waals surface area (Å²) < 4.78 is 23.3. The summed E-state index contributed by atoms with van der Waals surface area (Å²) >= 11 is 0. The van der Waals surface area contributed by atoms with Crippen LogP contribution in [-0.4, -0.2) is 34.7 Å². The standard InChI is InChI=1S/C23H17FN2O6/c1-13(20(27)25-16-7-5-15(24)6-8-16)32-23(30)14-4-9-18-19(11-14)22(29)26(21(18)28)12-17-3-2-10-31-17/h2-11,13H,12H2,1H3,(H,25,27)/t13-/m0/s1. The average molecular weight is 436 g/mol. The number of rotatable bonds is 6. The Morgan fingerprint density at radius 3 is 2.47 bits per heavy atom. The zero-order valence-corrected chi connectivity index (χ0v) is 16.8. The molecule has 2 aromatic carbocycles. The van der Waals surface area contributed by atoms with E-state index >= 15 is 0 Å². The maximum absolute atomic E-state index is 13.0. The topological polar surface area (TPSA) is 106 Å². The molecule has 0 spiro atoms. The Labute approximate surface area is 181 Å². The number of hydrogen-bond donors (Lipinski definition) is 1. The molecule has 0 saturated heterocycles. The van der Waals surface area contributed by atoms with Gasteiger partial charge in [0.05, 0.1) is 29.5 Å². The van der Waals surface area contributed by atoms with Crippen molar-refractivity contribution in [2.45, 2.75) is 19.6 Å². The molecule has 32 heavy (non-hydrogen) atoms. The summed E-state index contributed by atoms with van der Waals surface area (Å²) in [4.78, 5) is 51.0. The number of carbonyl (C=O) groups excluding carboxylic acids is 4. The van der Waals surface area contributed by atoms with E-state index in [9.17, 15) is 23.6 Å². The second-order valence-electron chi connectivity index (χ2n) is 7.08. The third-order valence-electron chi connectivity index (χ3n) is 4.87. The molecule has 1 atom stereocenters. The Morgan fingerprint density at radius 2 is 1.78 bits per heavy atom. The Kier molecular flexibility index (Phi) is 5.55. The highest BCUT2D eigenvalue weighted by Gasteiger charge is 2.36. The number of ether oxygens (including phenoxy) is 1. The highest BCUT2D eigenvalue weighted by Crippen LogP contribution is 2.26. The zero-order chi connectivity index (χ0) is 22.8. The summed E-state index contributed by atoms with van der Waals surface area (Å²) in [6.07, 6.45) is 0.281. The number of anilines is 1. The molecule has 0 fully saturated rings. The molecule has 8 nitrogen and oxygen atoms in total. The molecular weight excluding hydrogens is 419 g/mol. The second kappa shape index (κ2) is 8.46. The summed E-state index contributed by atoms with van der Waals surface area (Å²) in [7, 11) is 0. The fourth-order valence-electron chi connectivity index (χ4n) is 3.18. The predicted octanol–water partition coefficient (Wildman–Crippen LogP) is 3.40. The third-order valence-corrected chi connectivity index (χ3v) is 4.87. The van der Waals surface area contributed by atoms with Crippen LogP contribution < -0.4 is 5.32 Å². The summed E-state index contributed by atoms with van der Waals surface area (Å²) in [6, 6.07) is 12.4. The van der Waals surface area contributed by atoms with Gasteiger partial charge in [0.1, 0.15) is 11.6 Å². The van der Waals surface area contributed by atoms with Crippen LogP contribution in [-0.2, 0) is 16.1 Å². The lowest BCUT2D eigenvalue weighted by Crippen LogP contribution is -2.30. The summed E-state index contributed by atoms with van der Waals surface area (Å²) in [5, 5.41) is 2.51. The number of amides is 3. The lowest BCUT2D eigenvalue weighted by atomic mass is 10.1. The number of furan rings is 1. The second-order valence-corrected chi connectivity index (χ2v) is 7.08. The predicted molar refractivity (Wildman–Crippen MR) is 109 cm³/mol. The van der Waals surface area contributed by atoms with Gasteiger partial charge >= 0.3 is 5.97 Å². The van der Waals surface area contributed by atoms with Crippen LogP contribution in [0.3, 0.4) is 0 Å². The minimum absolute atomic E-state index is 0.0196. The first-order valence-electron chi connectivity index (χ1n) is 9.63. The van der Waals surface area contributed by atoms with Crippen molar-refractivity contribution in [3.05, 3.63) is 89.1 Å². The van der Waals surface area contributed by atoms with E-state index < -0.39 is 35.6 Å². The van der Waals surface area contributed by atoms with E-state index in [0.717, 1.165) is 4.90 Å². The first-order chi connectivity index (χ1) is 15.3. The van der Waals surface area contributed by atoms with Crippen LogP contribution in [0.25, 0.3) is 0 Å². The van der Waals surface area contributed by atoms with Gasteiger partial charge < -0.3 is 14.5 Å². The van der Waals surface area contributed by atoms with E-state index in [4.69, 9.17) is 9.15 Å². The van der Waals surface area contributed by atoms with Crippen LogP contribution in [0.2, 0.25) is 0 Å². The number of imide groups is 1. The van der Waals surface area contributed by atoms with Crippen molar-refractivity contribution in [3.63, 3.8) is 0 Å². The van der Waals surface area contributed by atoms with Gasteiger partial charge in [-0.25, -0.2) is 9.18 Å². The lowest BCUT2D eigenvalue weighted by molar-refractivity contribution is -0.123. The molecule has 1 aliphatic heterocycles. The van der Waals surface area contributed by atoms with Crippen molar-refractivity contribution in [1.82, 2.24) is 4.90 Å². The van der Waals surface area contributed by atoms with Gasteiger partial charge in [0.15, 0.2) is 6.10 Å². The lowest BCUT2D eigenvalue weighted by Gasteiger charge is -2.14. The van der Waals surface area contributed by atoms with E-state index in [0.29, 0.717) is 11.4 Å². The van der Waals surface area contributed by atoms with Crippen LogP contribution in [0, 0.1) is 5.82 Å². The molecule has 0 radical (unpaired) electrons. The fraction of sp³-hybridized carbons (Fsp3) is 0.130. The molecule has 162 valence electrons. The summed E-state index contributed by atoms with van der Waals surface area (Å²) in [6.45, 7) is 1.35. The molecule has 0 aliphatic carbocycles. The van der Waals surface area contributed by atoms with E-state index in [1.807, 2.05) is 0 Å². The van der Waals surface area contributed by atoms with Gasteiger partial charge in [-0.1, -0.05) is 0 Å². The van der Waals surface area contributed by atoms with Crippen molar-refractivity contribution in [2.24, 2.45) is 0 Å². The minimum Gasteiger partial charge on any atom is -0.467 e. The summed E-state index contributed by atoms with van der Waals surface area (Å²) in [5.74, 6) is -2.50. The van der Waals surface area contributed by atoms with Crippen LogP contribution in [0.4, 0.5) is 10.1 Å². The SMILES string of the molecule is C[C@H](OC(=O)c1ccc2c(c1)C(=O)N(Cc1ccco1)C2=O)C(=O)Nc1ccc(F)cc1. The van der Waals surface area contributed by atoms with E-state index in [-0.39, 0.29) is 23.2 Å². The molecule has 0 bridgehead atoms. The van der Waals surface area contributed by atoms with E-state index in [2.05, 4.69) is 5.32 Å². The molecule has 2 heterocycles. The highest BCUT2D eigenvalue weighted by atomic mass is 19.1. The Morgan fingerprint density at radius 1 is 1.06 bits per heavy atom. The van der Waals surface area contributed by atoms with Crippen LogP contribution in [0.1, 0.15) is 43.8 Å². The normalized spacial score (nSPS) is 13.6. The van der Waals surface area contributed by atoms with Gasteiger partial charge in [-0.3, -0.25) is 19.3 Å². The Bertz CT molecular complexity index is 1200. The molecule has 3 amide bonds. The molecule has 9 heteroatoms. The number of hydrogen-bond acceptors (Lipinski definition) is 6. The van der Waals surface area contributed by atoms with Crippen LogP contribution in [0.5, 0.6) is 0 Å². The van der Waals surface area contributed by atoms with Gasteiger partial charge in [0.25, 0.3) is 17.7 Å². The summed E-state index contributed by atoms with van der Waals surface area (Å²) in [5.41, 5.74) is 0.600. The number of carbonyl (C=O) groups is 4. The molecule has 1 N–H and O–H groups in total. The van der Waals surface area contributed by atoms with Gasteiger partial charge in [0.2, 0.25) is 0 Å². The fourth-order valence-corrected chi connectivity index (χ4v) is 3.18. The molecule has 0 saturated carbocycles. The number of benzene rings is 2. The monoisotopic (exact) mass is 436 g/mol. The van der Waals surface area contributed by atoms with Gasteiger partial charge in [-0.2, -0.15) is 0 Å². The largest absolute Gasteiger partial charge is 0.467 e. The Hall–Kier alpha value is -4.27. The third kappa shape index (κ3) is 4.13. The highest BCUT2D eigenvalue weighted by molar-refractivity contribution is 6.21. The number of halogens is 1. The van der Waals surface area contributed by atoms with E-state index in [1.165, 1.54) is 55.7 Å². The molecule has 3 aromatic rings. The molecule has 4 rings (SSSR count). The Balaban J connectivity index is 1.44. The molecular formula is C23H17FN2O6. The number of nitrogens with zero attached hydrogens (tertiary/aromatic N) is 1. The maximum Gasteiger partial charge on any atom is 0.338 e. The molecule has 1 aromatic heterocycles. The maximum atomic E-state index is 13.0. The van der Waals surface area contributed by atoms with Gasteiger partial charge in [-0.05, 0) is 61.5 Å². The zero-order valence-electron chi connectivity index (χ0n) is 16.8. The van der Waals surface area contributed by atoms with Crippen molar-refractivity contribution < 1.29 is 32.7 Å². The number of esters is 1. The van der Waals surface area contributed by atoms with Crippen LogP contribution >= 0.6 is 0 Å². The van der Waals surface area contributed by atoms with Crippen molar-refractivity contribution in [1.29, 1.82) is 0 Å². The average Bonchev–Trinajstić information content (AvgIpc) is 3.38. The quantitative estimate of drug-likeness (QED) is 0.469. The minimum atomic E-state index is -1.16. The number of nitrogens with one attached hydrogen (secondary N) is 1. The number of fused-ring (bicyclic) bond motifs is 1. The van der Waals surface area contributed by atoms with Gasteiger partial charge in [-0.15, -0.1) is 0 Å². The van der Waals surface area contributed by atoms with Crippen molar-refractivity contribution >= 4 is 29.4 Å². The molecule has 0 unspecified atom stereocenters. The first-order valence-corrected chi connectivity index (χ1v) is 9.63. The molecule has 1 aliphatic rings. The van der Waals surface area contributed by atoms with Crippen molar-refractivity contribution in [2.75, 3.05) is 5.32 Å².